The second kappa shape index (κ2) is 6.33. The fourth-order valence-electron chi connectivity index (χ4n) is 2.10. The molecule has 1 aliphatic rings. The van der Waals surface area contributed by atoms with Crippen LogP contribution in [0.15, 0.2) is 23.1 Å². The van der Waals surface area contributed by atoms with Gasteiger partial charge in [-0.3, -0.25) is 14.4 Å². The number of hydrogen-bond donors (Lipinski definition) is 1. The van der Waals surface area contributed by atoms with E-state index in [2.05, 4.69) is 4.98 Å². The molecule has 108 valence electrons. The van der Waals surface area contributed by atoms with Crippen molar-refractivity contribution in [2.45, 2.75) is 0 Å². The Morgan fingerprint density at radius 2 is 1.85 bits per heavy atom. The maximum absolute atomic E-state index is 12.2. The number of pyridine rings is 1. The van der Waals surface area contributed by atoms with Gasteiger partial charge in [0.05, 0.1) is 5.56 Å². The normalized spacial score (nSPS) is 15.2. The van der Waals surface area contributed by atoms with Crippen LogP contribution in [-0.2, 0) is 9.53 Å². The minimum atomic E-state index is -0.239. The number of hydrogen-bond acceptors (Lipinski definition) is 4. The molecule has 1 fully saturated rings. The molecule has 0 unspecified atom stereocenters. The molecule has 1 aliphatic heterocycles. The third kappa shape index (κ3) is 3.24. The van der Waals surface area contributed by atoms with Gasteiger partial charge in [-0.25, -0.2) is 0 Å². The lowest BCUT2D eigenvalue weighted by Crippen LogP contribution is -2.51. The fraction of sp³-hybridized carbons (Fsp3) is 0.462. The maximum atomic E-state index is 12.2. The number of aromatic amines is 1. The first-order valence-corrected chi connectivity index (χ1v) is 6.36. The van der Waals surface area contributed by atoms with Crippen LogP contribution in [-0.4, -0.2) is 66.5 Å². The van der Waals surface area contributed by atoms with E-state index in [-0.39, 0.29) is 24.0 Å². The zero-order valence-electron chi connectivity index (χ0n) is 11.3. The van der Waals surface area contributed by atoms with E-state index >= 15 is 0 Å². The number of carbonyl (C=O) groups is 2. The van der Waals surface area contributed by atoms with Gasteiger partial charge < -0.3 is 19.5 Å². The van der Waals surface area contributed by atoms with Gasteiger partial charge in [0.25, 0.3) is 5.91 Å². The van der Waals surface area contributed by atoms with E-state index in [0.29, 0.717) is 31.7 Å². The van der Waals surface area contributed by atoms with Crippen LogP contribution >= 0.6 is 0 Å². The predicted molar refractivity (Wildman–Crippen MR) is 71.4 cm³/mol. The van der Waals surface area contributed by atoms with Crippen molar-refractivity contribution in [2.24, 2.45) is 0 Å². The molecule has 0 aromatic carbocycles. The molecule has 0 spiro atoms. The van der Waals surface area contributed by atoms with Gasteiger partial charge in [-0.05, 0) is 6.07 Å². The molecule has 20 heavy (non-hydrogen) atoms. The van der Waals surface area contributed by atoms with E-state index in [0.717, 1.165) is 0 Å². The first kappa shape index (κ1) is 14.3. The Balaban J connectivity index is 1.93. The molecule has 2 amide bonds. The van der Waals surface area contributed by atoms with Gasteiger partial charge in [0, 0.05) is 45.6 Å². The number of H-pyrrole nitrogens is 1. The largest absolute Gasteiger partial charge is 0.375 e. The molecule has 1 aromatic heterocycles. The summed E-state index contributed by atoms with van der Waals surface area (Å²) < 4.78 is 4.81. The zero-order chi connectivity index (χ0) is 14.5. The lowest BCUT2D eigenvalue weighted by atomic mass is 10.2. The number of methoxy groups -OCH3 is 1. The standard InChI is InChI=1S/C13H17N3O4/c1-20-9-12(18)15-4-6-16(7-5-15)13(19)10-2-3-11(17)14-8-10/h2-3,8H,4-7,9H2,1H3,(H,14,17). The Kier molecular flexibility index (Phi) is 4.52. The second-order valence-electron chi connectivity index (χ2n) is 4.55. The highest BCUT2D eigenvalue weighted by atomic mass is 16.5. The fourth-order valence-corrected chi connectivity index (χ4v) is 2.10. The first-order chi connectivity index (χ1) is 9.61. The van der Waals surface area contributed by atoms with Crippen molar-refractivity contribution in [1.82, 2.24) is 14.8 Å². The highest BCUT2D eigenvalue weighted by molar-refractivity contribution is 5.94. The van der Waals surface area contributed by atoms with Crippen molar-refractivity contribution in [1.29, 1.82) is 0 Å². The van der Waals surface area contributed by atoms with Gasteiger partial charge in [0.15, 0.2) is 0 Å². The molecule has 1 N–H and O–H groups in total. The number of piperazine rings is 1. The summed E-state index contributed by atoms with van der Waals surface area (Å²) in [6.45, 7) is 2.02. The highest BCUT2D eigenvalue weighted by Gasteiger charge is 2.24. The van der Waals surface area contributed by atoms with Gasteiger partial charge in [-0.15, -0.1) is 0 Å². The minimum absolute atomic E-state index is 0.0634. The van der Waals surface area contributed by atoms with Crippen LogP contribution in [0.5, 0.6) is 0 Å². The van der Waals surface area contributed by atoms with E-state index in [4.69, 9.17) is 4.74 Å². The van der Waals surface area contributed by atoms with Crippen molar-refractivity contribution in [3.63, 3.8) is 0 Å². The molecule has 2 rings (SSSR count). The smallest absolute Gasteiger partial charge is 0.255 e. The van der Waals surface area contributed by atoms with Gasteiger partial charge in [-0.1, -0.05) is 0 Å². The van der Waals surface area contributed by atoms with Crippen molar-refractivity contribution in [3.8, 4) is 0 Å². The van der Waals surface area contributed by atoms with Gasteiger partial charge >= 0.3 is 0 Å². The molecule has 1 saturated heterocycles. The molecule has 0 aliphatic carbocycles. The summed E-state index contributed by atoms with van der Waals surface area (Å²) in [7, 11) is 1.48. The number of nitrogens with one attached hydrogen (secondary N) is 1. The summed E-state index contributed by atoms with van der Waals surface area (Å²) in [6, 6.07) is 2.83. The van der Waals surface area contributed by atoms with E-state index in [1.807, 2.05) is 0 Å². The lowest BCUT2D eigenvalue weighted by molar-refractivity contribution is -0.136. The molecule has 1 aromatic rings. The number of carbonyl (C=O) groups excluding carboxylic acids is 2. The van der Waals surface area contributed by atoms with Crippen LogP contribution in [0.4, 0.5) is 0 Å². The predicted octanol–water partition coefficient (Wildman–Crippen LogP) is -0.694. The van der Waals surface area contributed by atoms with Crippen LogP contribution in [0.2, 0.25) is 0 Å². The van der Waals surface area contributed by atoms with E-state index in [1.165, 1.54) is 25.4 Å². The topological polar surface area (TPSA) is 82.7 Å². The first-order valence-electron chi connectivity index (χ1n) is 6.36. The number of nitrogens with zero attached hydrogens (tertiary/aromatic N) is 2. The summed E-state index contributed by atoms with van der Waals surface area (Å²) in [5.41, 5.74) is 0.206. The van der Waals surface area contributed by atoms with Crippen molar-refractivity contribution < 1.29 is 14.3 Å². The molecule has 0 atom stereocenters. The molecule has 0 bridgehead atoms. The average Bonchev–Trinajstić information content (AvgIpc) is 2.48. The number of amides is 2. The molecule has 7 heteroatoms. The molecular formula is C13H17N3O4. The Morgan fingerprint density at radius 1 is 1.20 bits per heavy atom. The van der Waals surface area contributed by atoms with Crippen molar-refractivity contribution in [3.05, 3.63) is 34.2 Å². The van der Waals surface area contributed by atoms with Crippen LogP contribution in [0.3, 0.4) is 0 Å². The SMILES string of the molecule is COCC(=O)N1CCN(C(=O)c2ccc(=O)[nH]c2)CC1. The van der Waals surface area contributed by atoms with Crippen LogP contribution < -0.4 is 5.56 Å². The minimum Gasteiger partial charge on any atom is -0.375 e. The van der Waals surface area contributed by atoms with E-state index in [1.54, 1.807) is 9.80 Å². The summed E-state index contributed by atoms with van der Waals surface area (Å²) in [5.74, 6) is -0.205. The van der Waals surface area contributed by atoms with Gasteiger partial charge in [-0.2, -0.15) is 0 Å². The van der Waals surface area contributed by atoms with Gasteiger partial charge in [0.1, 0.15) is 6.61 Å². The zero-order valence-corrected chi connectivity index (χ0v) is 11.3. The molecule has 7 nitrogen and oxygen atoms in total. The summed E-state index contributed by atoms with van der Waals surface area (Å²) in [5, 5.41) is 0. The number of aromatic nitrogens is 1. The van der Waals surface area contributed by atoms with Crippen LogP contribution in [0.1, 0.15) is 10.4 Å². The Morgan fingerprint density at radius 3 is 2.40 bits per heavy atom. The van der Waals surface area contributed by atoms with E-state index < -0.39 is 0 Å². The second-order valence-corrected chi connectivity index (χ2v) is 4.55. The van der Waals surface area contributed by atoms with Gasteiger partial charge in [0.2, 0.25) is 11.5 Å². The summed E-state index contributed by atoms with van der Waals surface area (Å²) in [6.07, 6.45) is 1.41. The monoisotopic (exact) mass is 279 g/mol. The number of ether oxygens (including phenoxy) is 1. The maximum Gasteiger partial charge on any atom is 0.255 e. The number of rotatable bonds is 3. The van der Waals surface area contributed by atoms with Crippen molar-refractivity contribution in [2.75, 3.05) is 39.9 Å². The van der Waals surface area contributed by atoms with Crippen LogP contribution in [0.25, 0.3) is 0 Å². The van der Waals surface area contributed by atoms with Crippen LogP contribution in [0, 0.1) is 0 Å². The third-order valence-electron chi connectivity index (χ3n) is 3.22. The molecule has 0 saturated carbocycles. The summed E-state index contributed by atoms with van der Waals surface area (Å²) in [4.78, 5) is 40.6. The summed E-state index contributed by atoms with van der Waals surface area (Å²) >= 11 is 0. The Hall–Kier alpha value is -2.15. The quantitative estimate of drug-likeness (QED) is 0.793. The molecule has 2 heterocycles. The Labute approximate surface area is 116 Å². The lowest BCUT2D eigenvalue weighted by Gasteiger charge is -2.34. The molecule has 0 radical (unpaired) electrons. The average molecular weight is 279 g/mol. The van der Waals surface area contributed by atoms with Crippen molar-refractivity contribution >= 4 is 11.8 Å². The Bertz CT molecular complexity index is 526. The highest BCUT2D eigenvalue weighted by Crippen LogP contribution is 2.07. The third-order valence-corrected chi connectivity index (χ3v) is 3.22. The molecular weight excluding hydrogens is 262 g/mol. The van der Waals surface area contributed by atoms with E-state index in [9.17, 15) is 14.4 Å².